The quantitative estimate of drug-likeness (QED) is 0.0603. The molecule has 0 saturated heterocycles. The molecule has 0 unspecified atom stereocenters. The average molecular weight is 701 g/mol. The Bertz CT molecular complexity index is 1780. The van der Waals surface area contributed by atoms with Gasteiger partial charge in [-0.05, 0) is 7.92 Å². The number of carbonyl (C=O) groups excluding carboxylic acids is 6. The van der Waals surface area contributed by atoms with Gasteiger partial charge in [-0.2, -0.15) is 0 Å². The summed E-state index contributed by atoms with van der Waals surface area (Å²) in [7, 11) is -2.83. The summed E-state index contributed by atoms with van der Waals surface area (Å²) in [6.07, 6.45) is 0. The lowest BCUT2D eigenvalue weighted by Crippen LogP contribution is -2.45. The van der Waals surface area contributed by atoms with Crippen LogP contribution in [0.4, 0.5) is 0 Å². The zero-order valence-corrected chi connectivity index (χ0v) is 28.8. The number of hydrogen-bond acceptors (Lipinski definition) is 6. The molecule has 6 aromatic carbocycles. The second kappa shape index (κ2) is 16.7. The van der Waals surface area contributed by atoms with E-state index in [-0.39, 0.29) is 33.4 Å². The number of benzene rings is 6. The number of ketones is 6. The van der Waals surface area contributed by atoms with Gasteiger partial charge in [0.2, 0.25) is 0 Å². The highest BCUT2D eigenvalue weighted by Gasteiger charge is 2.53. The van der Waals surface area contributed by atoms with Gasteiger partial charge in [-0.3, -0.25) is 28.8 Å². The van der Waals surface area contributed by atoms with Crippen molar-refractivity contribution in [2.24, 2.45) is 0 Å². The monoisotopic (exact) mass is 700 g/mol. The molecular weight excluding hydrogens is 667 g/mol. The SMILES string of the molecule is O=C(c1ccccc1)C(C(=O)c1ccccc1)P(C(C(=O)c1ccccc1)C(=O)c1ccccc1)C(C(=O)c1ccccc1)C(=O)c1ccccc1. The summed E-state index contributed by atoms with van der Waals surface area (Å²) in [6.45, 7) is 0. The van der Waals surface area contributed by atoms with Crippen LogP contribution in [-0.2, 0) is 0 Å². The van der Waals surface area contributed by atoms with E-state index >= 15 is 0 Å². The Morgan fingerprint density at radius 3 is 0.519 bits per heavy atom. The summed E-state index contributed by atoms with van der Waals surface area (Å²) in [4.78, 5) is 90.0. The van der Waals surface area contributed by atoms with E-state index in [9.17, 15) is 28.8 Å². The van der Waals surface area contributed by atoms with E-state index in [1.807, 2.05) is 0 Å². The van der Waals surface area contributed by atoms with Gasteiger partial charge in [-0.25, -0.2) is 0 Å². The van der Waals surface area contributed by atoms with Crippen LogP contribution in [0, 0.1) is 0 Å². The Labute approximate surface area is 302 Å². The standard InChI is InChI=1S/C45H33O6P/c46-37(31-19-7-1-8-20-31)43(38(47)32-21-9-2-10-22-32)52(44(39(48)33-23-11-3-12-24-33)40(49)34-25-13-4-14-26-34)45(41(50)35-27-15-5-16-28-35)42(51)36-29-17-6-18-30-36/h1-30,43-45H. The molecule has 0 bridgehead atoms. The molecule has 0 spiro atoms. The predicted octanol–water partition coefficient (Wildman–Crippen LogP) is 8.87. The van der Waals surface area contributed by atoms with Crippen molar-refractivity contribution < 1.29 is 28.8 Å². The Kier molecular flexibility index (Phi) is 11.4. The minimum atomic E-state index is -2.83. The maximum Gasteiger partial charge on any atom is 0.178 e. The number of hydrogen-bond donors (Lipinski definition) is 0. The third-order valence-corrected chi connectivity index (χ3v) is 11.9. The van der Waals surface area contributed by atoms with Crippen molar-refractivity contribution in [2.75, 3.05) is 0 Å². The lowest BCUT2D eigenvalue weighted by molar-refractivity contribution is 0.0898. The fourth-order valence-electron chi connectivity index (χ4n) is 6.18. The van der Waals surface area contributed by atoms with Crippen LogP contribution in [-0.4, -0.2) is 51.7 Å². The first-order valence-electron chi connectivity index (χ1n) is 16.7. The van der Waals surface area contributed by atoms with Crippen LogP contribution < -0.4 is 0 Å². The predicted molar refractivity (Wildman–Crippen MR) is 203 cm³/mol. The normalized spacial score (nSPS) is 11.1. The highest BCUT2D eigenvalue weighted by atomic mass is 31.1. The van der Waals surface area contributed by atoms with E-state index in [1.54, 1.807) is 182 Å². The molecule has 52 heavy (non-hydrogen) atoms. The van der Waals surface area contributed by atoms with Crippen molar-refractivity contribution in [2.45, 2.75) is 17.0 Å². The largest absolute Gasteiger partial charge is 0.293 e. The van der Waals surface area contributed by atoms with Crippen molar-refractivity contribution in [3.63, 3.8) is 0 Å². The van der Waals surface area contributed by atoms with Gasteiger partial charge >= 0.3 is 0 Å². The molecule has 0 aliphatic carbocycles. The van der Waals surface area contributed by atoms with Crippen molar-refractivity contribution >= 4 is 42.6 Å². The molecule has 6 aromatic rings. The van der Waals surface area contributed by atoms with Gasteiger partial charge in [0.05, 0.1) is 0 Å². The lowest BCUT2D eigenvalue weighted by Gasteiger charge is -2.36. The Balaban J connectivity index is 1.71. The first-order valence-corrected chi connectivity index (χ1v) is 18.2. The second-order valence-corrected chi connectivity index (χ2v) is 14.5. The summed E-state index contributed by atoms with van der Waals surface area (Å²) in [6, 6.07) is 48.5. The molecule has 6 nitrogen and oxygen atoms in total. The van der Waals surface area contributed by atoms with Gasteiger partial charge in [0, 0.05) is 33.4 Å². The van der Waals surface area contributed by atoms with Crippen LogP contribution in [0.25, 0.3) is 0 Å². The highest BCUT2D eigenvalue weighted by molar-refractivity contribution is 7.66. The van der Waals surface area contributed by atoms with E-state index in [4.69, 9.17) is 0 Å². The molecule has 0 atom stereocenters. The van der Waals surface area contributed by atoms with Crippen molar-refractivity contribution in [1.29, 1.82) is 0 Å². The van der Waals surface area contributed by atoms with Gasteiger partial charge < -0.3 is 0 Å². The van der Waals surface area contributed by atoms with Gasteiger partial charge in [0.1, 0.15) is 17.0 Å². The molecule has 0 amide bonds. The molecule has 0 saturated carbocycles. The summed E-state index contributed by atoms with van der Waals surface area (Å²) in [5.41, 5.74) is -4.43. The zero-order chi connectivity index (χ0) is 36.5. The number of carbonyl (C=O) groups is 6. The molecule has 7 heteroatoms. The van der Waals surface area contributed by atoms with Crippen molar-refractivity contribution in [3.8, 4) is 0 Å². The molecule has 254 valence electrons. The molecule has 0 fully saturated rings. The second-order valence-electron chi connectivity index (χ2n) is 12.0. The highest BCUT2D eigenvalue weighted by Crippen LogP contribution is 2.56. The van der Waals surface area contributed by atoms with Crippen molar-refractivity contribution in [1.82, 2.24) is 0 Å². The van der Waals surface area contributed by atoms with Crippen LogP contribution in [0.15, 0.2) is 182 Å². The van der Waals surface area contributed by atoms with Crippen LogP contribution in [0.2, 0.25) is 0 Å². The fourth-order valence-corrected chi connectivity index (χ4v) is 9.59. The van der Waals surface area contributed by atoms with Crippen LogP contribution in [0.1, 0.15) is 62.1 Å². The molecule has 0 radical (unpaired) electrons. The summed E-state index contributed by atoms with van der Waals surface area (Å²) < 4.78 is 0. The molecule has 0 N–H and O–H groups in total. The zero-order valence-electron chi connectivity index (χ0n) is 27.9. The lowest BCUT2D eigenvalue weighted by atomic mass is 9.99. The summed E-state index contributed by atoms with van der Waals surface area (Å²) >= 11 is 0. The van der Waals surface area contributed by atoms with E-state index in [2.05, 4.69) is 0 Å². The van der Waals surface area contributed by atoms with Crippen LogP contribution >= 0.6 is 7.92 Å². The topological polar surface area (TPSA) is 102 Å². The number of rotatable bonds is 15. The van der Waals surface area contributed by atoms with E-state index in [1.165, 1.54) is 0 Å². The van der Waals surface area contributed by atoms with Gasteiger partial charge in [0.25, 0.3) is 0 Å². The van der Waals surface area contributed by atoms with E-state index in [0.29, 0.717) is 0 Å². The number of Topliss-reactive ketones (excluding diaryl/α,β-unsaturated/α-hetero) is 6. The third-order valence-electron chi connectivity index (χ3n) is 8.73. The molecule has 0 aliphatic rings. The molecule has 0 aliphatic heterocycles. The van der Waals surface area contributed by atoms with E-state index < -0.39 is 59.6 Å². The first kappa shape index (κ1) is 35.6. The Hall–Kier alpha value is -6.23. The van der Waals surface area contributed by atoms with Gasteiger partial charge in [0.15, 0.2) is 34.7 Å². The average Bonchev–Trinajstić information content (AvgIpc) is 3.22. The summed E-state index contributed by atoms with van der Waals surface area (Å²) in [5, 5.41) is 0. The van der Waals surface area contributed by atoms with Crippen LogP contribution in [0.3, 0.4) is 0 Å². The maximum absolute atomic E-state index is 15.0. The first-order chi connectivity index (χ1) is 25.4. The smallest absolute Gasteiger partial charge is 0.178 e. The molecular formula is C45H33O6P. The van der Waals surface area contributed by atoms with Gasteiger partial charge in [-0.15, -0.1) is 0 Å². The fraction of sp³-hybridized carbons (Fsp3) is 0.0667. The minimum Gasteiger partial charge on any atom is -0.293 e. The molecule has 0 heterocycles. The molecule has 6 rings (SSSR count). The summed E-state index contributed by atoms with van der Waals surface area (Å²) in [5.74, 6) is -4.17. The molecule has 0 aromatic heterocycles. The van der Waals surface area contributed by atoms with Crippen molar-refractivity contribution in [3.05, 3.63) is 215 Å². The third kappa shape index (κ3) is 7.73. The maximum atomic E-state index is 15.0. The van der Waals surface area contributed by atoms with Crippen LogP contribution in [0.5, 0.6) is 0 Å². The Morgan fingerprint density at radius 2 is 0.385 bits per heavy atom. The minimum absolute atomic E-state index is 0.139. The Morgan fingerprint density at radius 1 is 0.250 bits per heavy atom. The van der Waals surface area contributed by atoms with E-state index in [0.717, 1.165) is 0 Å². The van der Waals surface area contributed by atoms with Gasteiger partial charge in [-0.1, -0.05) is 182 Å².